The van der Waals surface area contributed by atoms with Gasteiger partial charge in [0.15, 0.2) is 6.04 Å². The molecule has 0 spiro atoms. The summed E-state index contributed by atoms with van der Waals surface area (Å²) in [6, 6.07) is 5.70. The molecule has 0 unspecified atom stereocenters. The zero-order valence-electron chi connectivity index (χ0n) is 16.1. The van der Waals surface area contributed by atoms with Gasteiger partial charge in [-0.2, -0.15) is 13.2 Å². The fourth-order valence-electron chi connectivity index (χ4n) is 3.63. The first-order valence-electron chi connectivity index (χ1n) is 9.71. The van der Waals surface area contributed by atoms with Gasteiger partial charge in [-0.1, -0.05) is 31.4 Å². The summed E-state index contributed by atoms with van der Waals surface area (Å²) >= 11 is 0. The van der Waals surface area contributed by atoms with E-state index >= 15 is 0 Å². The van der Waals surface area contributed by atoms with Crippen molar-refractivity contribution in [3.63, 3.8) is 0 Å². The molecule has 1 N–H and O–H groups in total. The van der Waals surface area contributed by atoms with E-state index in [-0.39, 0.29) is 17.4 Å². The molecule has 0 saturated heterocycles. The Morgan fingerprint density at radius 1 is 1.10 bits per heavy atom. The summed E-state index contributed by atoms with van der Waals surface area (Å²) in [6.45, 7) is -0.540. The third kappa shape index (κ3) is 5.40. The van der Waals surface area contributed by atoms with Crippen LogP contribution >= 0.6 is 0 Å². The second kappa shape index (κ2) is 9.32. The molecule has 30 heavy (non-hydrogen) atoms. The number of hydrogen-bond acceptors (Lipinski definition) is 3. The molecule has 1 aliphatic rings. The average molecular weight is 426 g/mol. The first kappa shape index (κ1) is 21.9. The molecule has 0 bridgehead atoms. The van der Waals surface area contributed by atoms with Crippen LogP contribution in [0.25, 0.3) is 0 Å². The lowest BCUT2D eigenvalue weighted by Crippen LogP contribution is -2.50. The van der Waals surface area contributed by atoms with E-state index in [1.54, 1.807) is 0 Å². The highest BCUT2D eigenvalue weighted by Gasteiger charge is 2.47. The quantitative estimate of drug-likeness (QED) is 0.692. The number of hydrogen-bond donors (Lipinski definition) is 1. The van der Waals surface area contributed by atoms with Gasteiger partial charge in [0.25, 0.3) is 5.91 Å². The number of furan rings is 1. The van der Waals surface area contributed by atoms with E-state index in [1.807, 2.05) is 0 Å². The minimum atomic E-state index is -5.20. The highest BCUT2D eigenvalue weighted by molar-refractivity contribution is 5.90. The number of carbonyl (C=O) groups excluding carboxylic acids is 2. The van der Waals surface area contributed by atoms with Crippen LogP contribution in [0.2, 0.25) is 0 Å². The zero-order chi connectivity index (χ0) is 21.7. The number of rotatable bonds is 6. The number of alkyl halides is 3. The first-order chi connectivity index (χ1) is 14.3. The van der Waals surface area contributed by atoms with Gasteiger partial charge in [-0.3, -0.25) is 9.59 Å². The Morgan fingerprint density at radius 3 is 2.33 bits per heavy atom. The van der Waals surface area contributed by atoms with Crippen LogP contribution in [0.5, 0.6) is 0 Å². The van der Waals surface area contributed by atoms with E-state index in [1.165, 1.54) is 30.5 Å². The first-order valence-corrected chi connectivity index (χ1v) is 9.71. The van der Waals surface area contributed by atoms with Gasteiger partial charge in [-0.05, 0) is 42.7 Å². The van der Waals surface area contributed by atoms with Gasteiger partial charge in [0.05, 0.1) is 6.26 Å². The lowest BCUT2D eigenvalue weighted by atomic mass is 9.95. The zero-order valence-corrected chi connectivity index (χ0v) is 16.1. The van der Waals surface area contributed by atoms with Gasteiger partial charge >= 0.3 is 12.1 Å². The SMILES string of the molecule is O=C(NC1CCCCC1)[C@@H](c1ccco1)N(Cc1ccc(F)cc1)C(=O)C(F)(F)F. The smallest absolute Gasteiger partial charge is 0.467 e. The second-order valence-electron chi connectivity index (χ2n) is 7.32. The summed E-state index contributed by atoms with van der Waals surface area (Å²) in [7, 11) is 0. The van der Waals surface area contributed by atoms with Crippen molar-refractivity contribution >= 4 is 11.8 Å². The third-order valence-corrected chi connectivity index (χ3v) is 5.09. The number of benzene rings is 1. The maximum Gasteiger partial charge on any atom is 0.471 e. The summed E-state index contributed by atoms with van der Waals surface area (Å²) in [4.78, 5) is 25.7. The molecule has 1 heterocycles. The van der Waals surface area contributed by atoms with Gasteiger partial charge < -0.3 is 14.6 Å². The summed E-state index contributed by atoms with van der Waals surface area (Å²) in [5, 5.41) is 2.77. The van der Waals surface area contributed by atoms with Crippen molar-refractivity contribution in [3.8, 4) is 0 Å². The van der Waals surface area contributed by atoms with Gasteiger partial charge in [0.2, 0.25) is 0 Å². The summed E-state index contributed by atoms with van der Waals surface area (Å²) < 4.78 is 58.6. The molecule has 1 saturated carbocycles. The molecule has 2 aromatic rings. The van der Waals surface area contributed by atoms with E-state index in [2.05, 4.69) is 5.32 Å². The minimum absolute atomic E-state index is 0.0805. The molecule has 0 radical (unpaired) electrons. The average Bonchev–Trinajstić information content (AvgIpc) is 3.23. The second-order valence-corrected chi connectivity index (χ2v) is 7.32. The molecule has 1 fully saturated rings. The molecule has 1 aromatic carbocycles. The van der Waals surface area contributed by atoms with E-state index < -0.39 is 36.4 Å². The Balaban J connectivity index is 1.94. The molecule has 3 rings (SSSR count). The molecule has 162 valence electrons. The van der Waals surface area contributed by atoms with Crippen LogP contribution < -0.4 is 5.32 Å². The van der Waals surface area contributed by atoms with E-state index in [9.17, 15) is 27.2 Å². The van der Waals surface area contributed by atoms with Crippen LogP contribution in [0.4, 0.5) is 17.6 Å². The molecular formula is C21H22F4N2O3. The summed E-state index contributed by atoms with van der Waals surface area (Å²) in [5.74, 6) is -3.56. The fraction of sp³-hybridized carbons (Fsp3) is 0.429. The fourth-order valence-corrected chi connectivity index (χ4v) is 3.63. The molecule has 5 nitrogen and oxygen atoms in total. The highest BCUT2D eigenvalue weighted by atomic mass is 19.4. The van der Waals surface area contributed by atoms with Gasteiger partial charge in [-0.15, -0.1) is 0 Å². The van der Waals surface area contributed by atoms with Gasteiger partial charge in [0, 0.05) is 12.6 Å². The third-order valence-electron chi connectivity index (χ3n) is 5.09. The van der Waals surface area contributed by atoms with Crippen LogP contribution in [0.3, 0.4) is 0 Å². The largest absolute Gasteiger partial charge is 0.471 e. The van der Waals surface area contributed by atoms with E-state index in [0.29, 0.717) is 4.90 Å². The monoisotopic (exact) mass is 426 g/mol. The Kier molecular flexibility index (Phi) is 6.79. The van der Waals surface area contributed by atoms with E-state index in [0.717, 1.165) is 44.2 Å². The standard InChI is InChI=1S/C21H22F4N2O3/c22-15-10-8-14(9-11-15)13-27(20(29)21(23,24)25)18(17-7-4-12-30-17)19(28)26-16-5-2-1-3-6-16/h4,7-12,16,18H,1-3,5-6,13H2,(H,26,28)/t18-/m1/s1. The molecule has 2 amide bonds. The number of amides is 2. The number of halogens is 4. The van der Waals surface area contributed by atoms with Gasteiger partial charge in [0.1, 0.15) is 11.6 Å². The maximum absolute atomic E-state index is 13.4. The predicted molar refractivity (Wildman–Crippen MR) is 99.5 cm³/mol. The molecular weight excluding hydrogens is 404 g/mol. The summed E-state index contributed by atoms with van der Waals surface area (Å²) in [6.07, 6.45) is 0.343. The predicted octanol–water partition coefficient (Wildman–Crippen LogP) is 4.50. The lowest BCUT2D eigenvalue weighted by molar-refractivity contribution is -0.190. The van der Waals surface area contributed by atoms with Gasteiger partial charge in [-0.25, -0.2) is 4.39 Å². The number of nitrogens with one attached hydrogen (secondary N) is 1. The number of carbonyl (C=O) groups is 2. The van der Waals surface area contributed by atoms with Crippen molar-refractivity contribution in [2.24, 2.45) is 0 Å². The Bertz CT molecular complexity index is 844. The molecule has 1 aliphatic carbocycles. The normalized spacial score (nSPS) is 16.1. The Labute approximate surface area is 171 Å². The van der Waals surface area contributed by atoms with Crippen LogP contribution in [0, 0.1) is 5.82 Å². The highest BCUT2D eigenvalue weighted by Crippen LogP contribution is 2.30. The van der Waals surface area contributed by atoms with Crippen LogP contribution in [-0.4, -0.2) is 28.9 Å². The van der Waals surface area contributed by atoms with Crippen LogP contribution in [0.15, 0.2) is 47.1 Å². The molecule has 1 atom stereocenters. The topological polar surface area (TPSA) is 62.6 Å². The van der Waals surface area contributed by atoms with Crippen molar-refractivity contribution in [1.82, 2.24) is 10.2 Å². The van der Waals surface area contributed by atoms with Crippen LogP contribution in [-0.2, 0) is 16.1 Å². The summed E-state index contributed by atoms with van der Waals surface area (Å²) in [5.41, 5.74) is 0.246. The molecule has 0 aliphatic heterocycles. The molecule has 9 heteroatoms. The van der Waals surface area contributed by atoms with Crippen molar-refractivity contribution in [2.75, 3.05) is 0 Å². The number of nitrogens with zero attached hydrogens (tertiary/aromatic N) is 1. The van der Waals surface area contributed by atoms with Crippen molar-refractivity contribution in [3.05, 3.63) is 59.8 Å². The molecule has 1 aromatic heterocycles. The van der Waals surface area contributed by atoms with Crippen molar-refractivity contribution < 1.29 is 31.6 Å². The van der Waals surface area contributed by atoms with E-state index in [4.69, 9.17) is 4.42 Å². The Hall–Kier alpha value is -2.84. The minimum Gasteiger partial charge on any atom is -0.467 e. The lowest BCUT2D eigenvalue weighted by Gasteiger charge is -2.32. The van der Waals surface area contributed by atoms with Crippen LogP contribution in [0.1, 0.15) is 49.5 Å². The Morgan fingerprint density at radius 2 is 1.77 bits per heavy atom. The maximum atomic E-state index is 13.4. The van der Waals surface area contributed by atoms with Crippen molar-refractivity contribution in [1.29, 1.82) is 0 Å². The van der Waals surface area contributed by atoms with Crippen molar-refractivity contribution in [2.45, 2.75) is 56.9 Å².